The van der Waals surface area contributed by atoms with Crippen molar-refractivity contribution in [3.05, 3.63) is 41.7 Å². The molecular formula is C11H13N5. The fourth-order valence-corrected chi connectivity index (χ4v) is 1.97. The molecule has 5 heteroatoms. The van der Waals surface area contributed by atoms with E-state index in [1.54, 1.807) is 0 Å². The summed E-state index contributed by atoms with van der Waals surface area (Å²) in [5.41, 5.74) is 1.23. The largest absolute Gasteiger partial charge is 0.312 e. The van der Waals surface area contributed by atoms with Crippen molar-refractivity contribution in [3.8, 4) is 0 Å². The normalized spacial score (nSPS) is 14.8. The van der Waals surface area contributed by atoms with E-state index in [0.29, 0.717) is 0 Å². The lowest BCUT2D eigenvalue weighted by molar-refractivity contribution is 0.495. The zero-order chi connectivity index (χ0) is 10.8. The maximum absolute atomic E-state index is 4.25. The van der Waals surface area contributed by atoms with Gasteiger partial charge in [-0.25, -0.2) is 0 Å². The molecule has 0 radical (unpaired) electrons. The number of aromatic nitrogens is 4. The van der Waals surface area contributed by atoms with Crippen molar-refractivity contribution in [2.75, 3.05) is 6.54 Å². The van der Waals surface area contributed by atoms with Crippen molar-refractivity contribution in [2.45, 2.75) is 19.5 Å². The van der Waals surface area contributed by atoms with Crippen LogP contribution in [0.5, 0.6) is 0 Å². The summed E-state index contributed by atoms with van der Waals surface area (Å²) >= 11 is 0. The lowest BCUT2D eigenvalue weighted by Gasteiger charge is -2.15. The van der Waals surface area contributed by atoms with E-state index < -0.39 is 0 Å². The molecule has 5 nitrogen and oxygen atoms in total. The summed E-state index contributed by atoms with van der Waals surface area (Å²) in [5, 5.41) is 11.7. The average Bonchev–Trinajstić information content (AvgIpc) is 2.74. The third-order valence-corrected chi connectivity index (χ3v) is 2.81. The van der Waals surface area contributed by atoms with Crippen molar-refractivity contribution in [1.29, 1.82) is 0 Å². The molecule has 0 saturated carbocycles. The summed E-state index contributed by atoms with van der Waals surface area (Å²) in [5.74, 6) is 2.08. The molecule has 0 amide bonds. The molecule has 1 N–H and O–H groups in total. The predicted octanol–water partition coefficient (Wildman–Crippen LogP) is 0.367. The molecule has 0 saturated heterocycles. The molecule has 0 aliphatic carbocycles. The van der Waals surface area contributed by atoms with Crippen molar-refractivity contribution in [1.82, 2.24) is 25.1 Å². The number of hydrogen-bond acceptors (Lipinski definition) is 4. The number of nitrogens with zero attached hydrogens (tertiary/aromatic N) is 4. The Bertz CT molecular complexity index is 476. The Kier molecular flexibility index (Phi) is 2.38. The summed E-state index contributed by atoms with van der Waals surface area (Å²) in [6.07, 6.45) is 4.45. The lowest BCUT2D eigenvalue weighted by Crippen LogP contribution is -2.29. The molecule has 0 unspecified atom stereocenters. The van der Waals surface area contributed by atoms with Crippen LogP contribution >= 0.6 is 0 Å². The fourth-order valence-electron chi connectivity index (χ4n) is 1.97. The van der Waals surface area contributed by atoms with Crippen LogP contribution in [-0.2, 0) is 19.5 Å². The van der Waals surface area contributed by atoms with Crippen molar-refractivity contribution >= 4 is 0 Å². The Morgan fingerprint density at radius 3 is 3.00 bits per heavy atom. The van der Waals surface area contributed by atoms with Gasteiger partial charge < -0.3 is 9.88 Å². The second kappa shape index (κ2) is 4.02. The third-order valence-electron chi connectivity index (χ3n) is 2.81. The summed E-state index contributed by atoms with van der Waals surface area (Å²) < 4.78 is 2.21. The third kappa shape index (κ3) is 1.69. The average molecular weight is 215 g/mol. The Morgan fingerprint density at radius 1 is 1.25 bits per heavy atom. The van der Waals surface area contributed by atoms with Crippen LogP contribution in [-0.4, -0.2) is 26.3 Å². The molecule has 0 spiro atoms. The first-order valence-electron chi connectivity index (χ1n) is 5.44. The topological polar surface area (TPSA) is 55.6 Å². The standard InChI is InChI=1S/C11H13N5/c1-3-12-4-2-9(1)7-10-14-15-11-8-13-5-6-16(10)11/h1-4,13H,5-8H2. The van der Waals surface area contributed by atoms with Crippen LogP contribution in [0.4, 0.5) is 0 Å². The Labute approximate surface area is 93.5 Å². The minimum absolute atomic E-state index is 0.823. The first-order chi connectivity index (χ1) is 7.93. The van der Waals surface area contributed by atoms with E-state index in [1.807, 2.05) is 24.5 Å². The number of fused-ring (bicyclic) bond motifs is 1. The molecule has 0 bridgehead atoms. The summed E-state index contributed by atoms with van der Waals surface area (Å²) in [6, 6.07) is 4.03. The molecule has 3 rings (SSSR count). The number of pyridine rings is 1. The van der Waals surface area contributed by atoms with E-state index in [-0.39, 0.29) is 0 Å². The molecule has 2 aromatic heterocycles. The van der Waals surface area contributed by atoms with E-state index in [4.69, 9.17) is 0 Å². The molecule has 82 valence electrons. The zero-order valence-electron chi connectivity index (χ0n) is 8.93. The molecule has 3 heterocycles. The van der Waals surface area contributed by atoms with E-state index in [0.717, 1.165) is 37.7 Å². The molecule has 1 aliphatic heterocycles. The Morgan fingerprint density at radius 2 is 2.12 bits per heavy atom. The van der Waals surface area contributed by atoms with Gasteiger partial charge in [-0.2, -0.15) is 0 Å². The Balaban J connectivity index is 1.88. The van der Waals surface area contributed by atoms with Gasteiger partial charge in [0, 0.05) is 31.9 Å². The van der Waals surface area contributed by atoms with E-state index in [1.165, 1.54) is 5.56 Å². The van der Waals surface area contributed by atoms with Crippen molar-refractivity contribution in [3.63, 3.8) is 0 Å². The minimum Gasteiger partial charge on any atom is -0.312 e. The second-order valence-electron chi connectivity index (χ2n) is 3.89. The van der Waals surface area contributed by atoms with Gasteiger partial charge in [0.05, 0.1) is 6.54 Å². The van der Waals surface area contributed by atoms with Gasteiger partial charge in [0.1, 0.15) is 11.6 Å². The highest BCUT2D eigenvalue weighted by Gasteiger charge is 2.14. The monoisotopic (exact) mass is 215 g/mol. The van der Waals surface area contributed by atoms with E-state index >= 15 is 0 Å². The lowest BCUT2D eigenvalue weighted by atomic mass is 10.2. The van der Waals surface area contributed by atoms with Crippen LogP contribution in [0.2, 0.25) is 0 Å². The highest BCUT2D eigenvalue weighted by molar-refractivity contribution is 5.16. The number of rotatable bonds is 2. The maximum Gasteiger partial charge on any atom is 0.147 e. The minimum atomic E-state index is 0.823. The van der Waals surface area contributed by atoms with Gasteiger partial charge in [-0.15, -0.1) is 10.2 Å². The van der Waals surface area contributed by atoms with Crippen LogP contribution in [0.1, 0.15) is 17.2 Å². The molecule has 1 aliphatic rings. The first kappa shape index (κ1) is 9.47. The molecular weight excluding hydrogens is 202 g/mol. The predicted molar refractivity (Wildman–Crippen MR) is 58.8 cm³/mol. The van der Waals surface area contributed by atoms with Gasteiger partial charge >= 0.3 is 0 Å². The molecule has 2 aromatic rings. The molecule has 0 aromatic carbocycles. The van der Waals surface area contributed by atoms with Gasteiger partial charge in [-0.3, -0.25) is 4.98 Å². The van der Waals surface area contributed by atoms with Gasteiger partial charge in [0.15, 0.2) is 0 Å². The van der Waals surface area contributed by atoms with Crippen LogP contribution < -0.4 is 5.32 Å². The maximum atomic E-state index is 4.25. The fraction of sp³-hybridized carbons (Fsp3) is 0.364. The highest BCUT2D eigenvalue weighted by Crippen LogP contribution is 2.10. The molecule has 0 atom stereocenters. The van der Waals surface area contributed by atoms with Gasteiger partial charge in [0.2, 0.25) is 0 Å². The van der Waals surface area contributed by atoms with Gasteiger partial charge in [-0.1, -0.05) is 0 Å². The van der Waals surface area contributed by atoms with Crippen LogP contribution in [0.15, 0.2) is 24.5 Å². The van der Waals surface area contributed by atoms with E-state index in [2.05, 4.69) is 25.1 Å². The van der Waals surface area contributed by atoms with Crippen LogP contribution in [0.25, 0.3) is 0 Å². The van der Waals surface area contributed by atoms with Gasteiger partial charge in [0.25, 0.3) is 0 Å². The zero-order valence-corrected chi connectivity index (χ0v) is 8.93. The SMILES string of the molecule is c1cc(Cc2nnc3n2CCNC3)ccn1. The smallest absolute Gasteiger partial charge is 0.147 e. The number of hydrogen-bond donors (Lipinski definition) is 1. The summed E-state index contributed by atoms with van der Waals surface area (Å²) in [4.78, 5) is 4.01. The quantitative estimate of drug-likeness (QED) is 0.786. The second-order valence-corrected chi connectivity index (χ2v) is 3.89. The van der Waals surface area contributed by atoms with Crippen LogP contribution in [0, 0.1) is 0 Å². The van der Waals surface area contributed by atoms with Crippen molar-refractivity contribution in [2.24, 2.45) is 0 Å². The van der Waals surface area contributed by atoms with Crippen molar-refractivity contribution < 1.29 is 0 Å². The number of nitrogens with one attached hydrogen (secondary N) is 1. The Hall–Kier alpha value is -1.75. The first-order valence-corrected chi connectivity index (χ1v) is 5.44. The van der Waals surface area contributed by atoms with Gasteiger partial charge in [-0.05, 0) is 17.7 Å². The molecule has 16 heavy (non-hydrogen) atoms. The van der Waals surface area contributed by atoms with E-state index in [9.17, 15) is 0 Å². The summed E-state index contributed by atoms with van der Waals surface area (Å²) in [6.45, 7) is 2.78. The highest BCUT2D eigenvalue weighted by atomic mass is 15.3. The molecule has 0 fully saturated rings. The van der Waals surface area contributed by atoms with Crippen LogP contribution in [0.3, 0.4) is 0 Å². The summed E-state index contributed by atoms with van der Waals surface area (Å²) in [7, 11) is 0.